The van der Waals surface area contributed by atoms with Gasteiger partial charge in [0.2, 0.25) is 0 Å². The molecule has 0 aromatic rings. The standard InChI is InChI=1S/C15H29NOS/c1-4-9-16-14-13(7-8-15(14,2)3)18-11-12-6-5-10-17-12/h12-14,16H,4-11H2,1-3H3. The van der Waals surface area contributed by atoms with Gasteiger partial charge in [-0.3, -0.25) is 0 Å². The summed E-state index contributed by atoms with van der Waals surface area (Å²) in [4.78, 5) is 0. The molecular weight excluding hydrogens is 242 g/mol. The highest BCUT2D eigenvalue weighted by molar-refractivity contribution is 8.00. The zero-order chi connectivity index (χ0) is 13.0. The second kappa shape index (κ2) is 6.62. The molecular formula is C15H29NOS. The fraction of sp³-hybridized carbons (Fsp3) is 1.00. The summed E-state index contributed by atoms with van der Waals surface area (Å²) in [6.07, 6.45) is 7.03. The van der Waals surface area contributed by atoms with Crippen molar-refractivity contribution in [2.75, 3.05) is 18.9 Å². The van der Waals surface area contributed by atoms with Crippen molar-refractivity contribution in [2.45, 2.75) is 70.3 Å². The van der Waals surface area contributed by atoms with Gasteiger partial charge in [0.05, 0.1) is 6.10 Å². The number of ether oxygens (including phenoxy) is 1. The largest absolute Gasteiger partial charge is 0.377 e. The van der Waals surface area contributed by atoms with E-state index in [1.165, 1.54) is 37.9 Å². The molecule has 1 aliphatic heterocycles. The molecule has 1 N–H and O–H groups in total. The van der Waals surface area contributed by atoms with Crippen molar-refractivity contribution >= 4 is 11.8 Å². The van der Waals surface area contributed by atoms with E-state index in [4.69, 9.17) is 4.74 Å². The van der Waals surface area contributed by atoms with E-state index in [9.17, 15) is 0 Å². The summed E-state index contributed by atoms with van der Waals surface area (Å²) in [7, 11) is 0. The van der Waals surface area contributed by atoms with Crippen LogP contribution < -0.4 is 5.32 Å². The molecule has 0 aromatic heterocycles. The maximum atomic E-state index is 5.74. The number of rotatable bonds is 6. The summed E-state index contributed by atoms with van der Waals surface area (Å²) in [5.74, 6) is 1.20. The van der Waals surface area contributed by atoms with Crippen LogP contribution in [0.5, 0.6) is 0 Å². The van der Waals surface area contributed by atoms with Crippen LogP contribution in [0.3, 0.4) is 0 Å². The van der Waals surface area contributed by atoms with Crippen LogP contribution in [0.4, 0.5) is 0 Å². The summed E-state index contributed by atoms with van der Waals surface area (Å²) in [6, 6.07) is 0.684. The van der Waals surface area contributed by atoms with E-state index < -0.39 is 0 Å². The lowest BCUT2D eigenvalue weighted by Crippen LogP contribution is -2.44. The Bertz CT molecular complexity index is 251. The van der Waals surface area contributed by atoms with E-state index in [0.717, 1.165) is 18.4 Å². The fourth-order valence-electron chi connectivity index (χ4n) is 3.23. The quantitative estimate of drug-likeness (QED) is 0.799. The third-order valence-electron chi connectivity index (χ3n) is 4.42. The van der Waals surface area contributed by atoms with Crippen LogP contribution in [0, 0.1) is 5.41 Å². The van der Waals surface area contributed by atoms with Crippen LogP contribution >= 0.6 is 11.8 Å². The van der Waals surface area contributed by atoms with Crippen molar-refractivity contribution in [3.8, 4) is 0 Å². The zero-order valence-electron chi connectivity index (χ0n) is 12.2. The van der Waals surface area contributed by atoms with Crippen molar-refractivity contribution in [1.82, 2.24) is 5.32 Å². The smallest absolute Gasteiger partial charge is 0.0666 e. The van der Waals surface area contributed by atoms with E-state index in [1.807, 2.05) is 0 Å². The first-order valence-corrected chi connectivity index (χ1v) is 8.65. The second-order valence-corrected chi connectivity index (χ2v) is 7.74. The van der Waals surface area contributed by atoms with Crippen molar-refractivity contribution in [1.29, 1.82) is 0 Å². The summed E-state index contributed by atoms with van der Waals surface area (Å²) < 4.78 is 5.74. The third-order valence-corrected chi connectivity index (χ3v) is 5.92. The highest BCUT2D eigenvalue weighted by atomic mass is 32.2. The highest BCUT2D eigenvalue weighted by Crippen LogP contribution is 2.43. The maximum absolute atomic E-state index is 5.74. The number of hydrogen-bond donors (Lipinski definition) is 1. The molecule has 0 bridgehead atoms. The monoisotopic (exact) mass is 271 g/mol. The molecule has 0 radical (unpaired) electrons. The maximum Gasteiger partial charge on any atom is 0.0666 e. The van der Waals surface area contributed by atoms with Crippen molar-refractivity contribution < 1.29 is 4.74 Å². The molecule has 2 nitrogen and oxygen atoms in total. The van der Waals surface area contributed by atoms with Crippen molar-refractivity contribution in [3.05, 3.63) is 0 Å². The third kappa shape index (κ3) is 3.64. The number of thioether (sulfide) groups is 1. The van der Waals surface area contributed by atoms with E-state index in [2.05, 4.69) is 37.8 Å². The molecule has 0 aromatic carbocycles. The lowest BCUT2D eigenvalue weighted by Gasteiger charge is -2.32. The second-order valence-electron chi connectivity index (χ2n) is 6.47. The van der Waals surface area contributed by atoms with Crippen molar-refractivity contribution in [2.24, 2.45) is 5.41 Å². The van der Waals surface area contributed by atoms with Gasteiger partial charge in [0.25, 0.3) is 0 Å². The topological polar surface area (TPSA) is 21.3 Å². The van der Waals surface area contributed by atoms with E-state index in [0.29, 0.717) is 17.6 Å². The predicted octanol–water partition coefficient (Wildman–Crippen LogP) is 3.46. The molecule has 0 amide bonds. The van der Waals surface area contributed by atoms with Gasteiger partial charge in [-0.2, -0.15) is 11.8 Å². The predicted molar refractivity (Wildman–Crippen MR) is 80.3 cm³/mol. The minimum absolute atomic E-state index is 0.462. The van der Waals surface area contributed by atoms with Gasteiger partial charge in [0, 0.05) is 23.7 Å². The molecule has 2 aliphatic rings. The van der Waals surface area contributed by atoms with Gasteiger partial charge in [0.1, 0.15) is 0 Å². The normalized spacial score (nSPS) is 35.2. The lowest BCUT2D eigenvalue weighted by molar-refractivity contribution is 0.128. The molecule has 18 heavy (non-hydrogen) atoms. The molecule has 3 unspecified atom stereocenters. The van der Waals surface area contributed by atoms with Crippen LogP contribution in [0.2, 0.25) is 0 Å². The Morgan fingerprint density at radius 2 is 2.17 bits per heavy atom. The Balaban J connectivity index is 1.81. The molecule has 1 saturated heterocycles. The molecule has 1 aliphatic carbocycles. The van der Waals surface area contributed by atoms with Gasteiger partial charge in [-0.1, -0.05) is 20.8 Å². The number of hydrogen-bond acceptors (Lipinski definition) is 3. The molecule has 106 valence electrons. The van der Waals surface area contributed by atoms with Gasteiger partial charge in [0.15, 0.2) is 0 Å². The molecule has 3 heteroatoms. The minimum Gasteiger partial charge on any atom is -0.377 e. The Hall–Kier alpha value is 0.270. The first-order valence-electron chi connectivity index (χ1n) is 7.60. The van der Waals surface area contributed by atoms with Crippen molar-refractivity contribution in [3.63, 3.8) is 0 Å². The first-order chi connectivity index (χ1) is 8.63. The first kappa shape index (κ1) is 14.7. The van der Waals surface area contributed by atoms with Crippen LogP contribution in [0.15, 0.2) is 0 Å². The van der Waals surface area contributed by atoms with E-state index >= 15 is 0 Å². The van der Waals surface area contributed by atoms with Crippen LogP contribution in [0.25, 0.3) is 0 Å². The van der Waals surface area contributed by atoms with Crippen LogP contribution in [0.1, 0.15) is 52.9 Å². The van der Waals surface area contributed by atoms with E-state index in [-0.39, 0.29) is 0 Å². The average Bonchev–Trinajstić information content (AvgIpc) is 2.92. The summed E-state index contributed by atoms with van der Waals surface area (Å²) in [6.45, 7) is 9.24. The Kier molecular flexibility index (Phi) is 5.40. The average molecular weight is 271 g/mol. The summed E-state index contributed by atoms with van der Waals surface area (Å²) in [5.41, 5.74) is 0.462. The lowest BCUT2D eigenvalue weighted by atomic mass is 9.87. The van der Waals surface area contributed by atoms with Crippen LogP contribution in [-0.4, -0.2) is 36.3 Å². The molecule has 1 saturated carbocycles. The molecule has 2 rings (SSSR count). The van der Waals surface area contributed by atoms with Gasteiger partial charge in [-0.05, 0) is 44.1 Å². The Labute approximate surface area is 117 Å². The van der Waals surface area contributed by atoms with Gasteiger partial charge >= 0.3 is 0 Å². The SMILES string of the molecule is CCCNC1C(SCC2CCCO2)CCC1(C)C. The highest BCUT2D eigenvalue weighted by Gasteiger charge is 2.41. The molecule has 0 spiro atoms. The Morgan fingerprint density at radius 1 is 1.33 bits per heavy atom. The van der Waals surface area contributed by atoms with Gasteiger partial charge in [-0.15, -0.1) is 0 Å². The van der Waals surface area contributed by atoms with Gasteiger partial charge < -0.3 is 10.1 Å². The molecule has 3 atom stereocenters. The Morgan fingerprint density at radius 3 is 2.83 bits per heavy atom. The molecule has 1 heterocycles. The minimum atomic E-state index is 0.462. The molecule has 2 fully saturated rings. The fourth-order valence-corrected chi connectivity index (χ4v) is 4.90. The zero-order valence-corrected chi connectivity index (χ0v) is 13.0. The number of nitrogens with one attached hydrogen (secondary N) is 1. The van der Waals surface area contributed by atoms with E-state index in [1.54, 1.807) is 0 Å². The van der Waals surface area contributed by atoms with Gasteiger partial charge in [-0.25, -0.2) is 0 Å². The summed E-state index contributed by atoms with van der Waals surface area (Å²) in [5, 5.41) is 4.57. The summed E-state index contributed by atoms with van der Waals surface area (Å²) >= 11 is 2.15. The van der Waals surface area contributed by atoms with Crippen LogP contribution in [-0.2, 0) is 4.74 Å².